The highest BCUT2D eigenvalue weighted by Crippen LogP contribution is 1.96. The van der Waals surface area contributed by atoms with Crippen molar-refractivity contribution in [3.63, 3.8) is 0 Å². The molecule has 0 atom stereocenters. The van der Waals surface area contributed by atoms with Crippen LogP contribution in [0.1, 0.15) is 20.3 Å². The van der Waals surface area contributed by atoms with Gasteiger partial charge < -0.3 is 20.5 Å². The van der Waals surface area contributed by atoms with Gasteiger partial charge in [0.05, 0.1) is 13.2 Å². The topological polar surface area (TPSA) is 92.9 Å². The number of aliphatic carboxylic acids is 1. The first-order valence-electron chi connectivity index (χ1n) is 5.27. The number of morpholine rings is 1. The number of amides is 2. The van der Waals surface area contributed by atoms with E-state index >= 15 is 0 Å². The maximum atomic E-state index is 10.4. The Morgan fingerprint density at radius 2 is 1.88 bits per heavy atom. The molecule has 0 aromatic heterocycles. The molecule has 1 aliphatic heterocycles. The number of ether oxygens (including phenoxy) is 1. The fourth-order valence-electron chi connectivity index (χ4n) is 1.13. The van der Waals surface area contributed by atoms with E-state index in [-0.39, 0.29) is 18.4 Å². The van der Waals surface area contributed by atoms with Crippen LogP contribution in [0.4, 0.5) is 4.79 Å². The van der Waals surface area contributed by atoms with Gasteiger partial charge in [-0.3, -0.25) is 4.79 Å². The third-order valence-electron chi connectivity index (χ3n) is 1.91. The molecule has 3 N–H and O–H groups in total. The molecule has 0 aliphatic carbocycles. The average Bonchev–Trinajstić information content (AvgIpc) is 2.17. The van der Waals surface area contributed by atoms with Crippen LogP contribution in [0.2, 0.25) is 0 Å². The Balaban J connectivity index is 0.000000293. The predicted octanol–water partition coefficient (Wildman–Crippen LogP) is 0.514. The van der Waals surface area contributed by atoms with Gasteiger partial charge in [-0.15, -0.1) is 0 Å². The quantitative estimate of drug-likeness (QED) is 0.725. The maximum Gasteiger partial charge on any atom is 0.314 e. The second-order valence-corrected chi connectivity index (χ2v) is 3.93. The van der Waals surface area contributed by atoms with E-state index < -0.39 is 5.97 Å². The SMILES string of the molecule is CC(C)CC(=O)O.NC(=O)N1CCOCC1. The van der Waals surface area contributed by atoms with Gasteiger partial charge in [-0.05, 0) is 5.92 Å². The van der Waals surface area contributed by atoms with Gasteiger partial charge in [0.1, 0.15) is 0 Å². The number of carboxylic acids is 1. The second-order valence-electron chi connectivity index (χ2n) is 3.93. The maximum absolute atomic E-state index is 10.4. The minimum atomic E-state index is -0.713. The summed E-state index contributed by atoms with van der Waals surface area (Å²) in [5, 5.41) is 8.08. The summed E-state index contributed by atoms with van der Waals surface area (Å²) >= 11 is 0. The lowest BCUT2D eigenvalue weighted by molar-refractivity contribution is -0.137. The Kier molecular flexibility index (Phi) is 7.28. The first kappa shape index (κ1) is 14.7. The van der Waals surface area contributed by atoms with Crippen molar-refractivity contribution in [2.24, 2.45) is 11.7 Å². The summed E-state index contributed by atoms with van der Waals surface area (Å²) in [6.07, 6.45) is 0.278. The first-order valence-corrected chi connectivity index (χ1v) is 5.27. The summed E-state index contributed by atoms with van der Waals surface area (Å²) in [5.74, 6) is -0.438. The van der Waals surface area contributed by atoms with Crippen LogP contribution >= 0.6 is 0 Å². The molecule has 1 aliphatic rings. The van der Waals surface area contributed by atoms with Crippen LogP contribution in [0.5, 0.6) is 0 Å². The molecule has 2 amide bonds. The molecular weight excluding hydrogens is 212 g/mol. The molecule has 0 aromatic rings. The van der Waals surface area contributed by atoms with Crippen LogP contribution in [0.3, 0.4) is 0 Å². The molecular formula is C10H20N2O4. The van der Waals surface area contributed by atoms with Crippen molar-refractivity contribution in [1.29, 1.82) is 0 Å². The van der Waals surface area contributed by atoms with Crippen LogP contribution in [-0.2, 0) is 9.53 Å². The van der Waals surface area contributed by atoms with Crippen molar-refractivity contribution in [3.8, 4) is 0 Å². The van der Waals surface area contributed by atoms with Crippen LogP contribution in [-0.4, -0.2) is 48.3 Å². The molecule has 0 spiro atoms. The number of carbonyl (C=O) groups excluding carboxylic acids is 1. The Morgan fingerprint density at radius 1 is 1.38 bits per heavy atom. The lowest BCUT2D eigenvalue weighted by Gasteiger charge is -2.24. The standard InChI is InChI=1S/C5H10N2O2.C5H10O2/c6-5(8)7-1-3-9-4-2-7;1-4(2)3-5(6)7/h1-4H2,(H2,6,8);4H,3H2,1-2H3,(H,6,7). The van der Waals surface area contributed by atoms with Gasteiger partial charge in [0.25, 0.3) is 0 Å². The van der Waals surface area contributed by atoms with E-state index in [1.165, 1.54) is 0 Å². The highest BCUT2D eigenvalue weighted by molar-refractivity contribution is 5.72. The molecule has 1 rings (SSSR count). The highest BCUT2D eigenvalue weighted by atomic mass is 16.5. The van der Waals surface area contributed by atoms with Crippen molar-refractivity contribution in [1.82, 2.24) is 4.90 Å². The van der Waals surface area contributed by atoms with Crippen LogP contribution in [0.25, 0.3) is 0 Å². The summed E-state index contributed by atoms with van der Waals surface area (Å²) in [6.45, 7) is 6.26. The number of urea groups is 1. The predicted molar refractivity (Wildman–Crippen MR) is 59.1 cm³/mol. The fourth-order valence-corrected chi connectivity index (χ4v) is 1.13. The summed E-state index contributed by atoms with van der Waals surface area (Å²) in [7, 11) is 0. The largest absolute Gasteiger partial charge is 0.481 e. The lowest BCUT2D eigenvalue weighted by atomic mass is 10.1. The molecule has 0 bridgehead atoms. The normalized spacial score (nSPS) is 15.3. The van der Waals surface area contributed by atoms with Crippen molar-refractivity contribution in [2.75, 3.05) is 26.3 Å². The molecule has 1 fully saturated rings. The number of nitrogens with zero attached hydrogens (tertiary/aromatic N) is 1. The van der Waals surface area contributed by atoms with Gasteiger partial charge in [-0.1, -0.05) is 13.8 Å². The van der Waals surface area contributed by atoms with Crippen molar-refractivity contribution in [2.45, 2.75) is 20.3 Å². The summed E-state index contributed by atoms with van der Waals surface area (Å²) in [4.78, 5) is 21.8. The third kappa shape index (κ3) is 8.05. The van der Waals surface area contributed by atoms with Crippen molar-refractivity contribution < 1.29 is 19.4 Å². The van der Waals surface area contributed by atoms with E-state index in [1.54, 1.807) is 4.90 Å². The number of carbonyl (C=O) groups is 2. The Morgan fingerprint density at radius 3 is 2.06 bits per heavy atom. The first-order chi connectivity index (χ1) is 7.43. The van der Waals surface area contributed by atoms with Crippen LogP contribution in [0, 0.1) is 5.92 Å². The van der Waals surface area contributed by atoms with Crippen molar-refractivity contribution in [3.05, 3.63) is 0 Å². The van der Waals surface area contributed by atoms with E-state index in [2.05, 4.69) is 0 Å². The minimum Gasteiger partial charge on any atom is -0.481 e. The molecule has 16 heavy (non-hydrogen) atoms. The second kappa shape index (κ2) is 7.92. The molecule has 0 saturated carbocycles. The lowest BCUT2D eigenvalue weighted by Crippen LogP contribution is -2.43. The smallest absolute Gasteiger partial charge is 0.314 e. The zero-order valence-electron chi connectivity index (χ0n) is 9.81. The number of primary amides is 1. The molecule has 0 unspecified atom stereocenters. The van der Waals surface area contributed by atoms with E-state index in [0.717, 1.165) is 0 Å². The van der Waals surface area contributed by atoms with Crippen LogP contribution < -0.4 is 5.73 Å². The zero-order valence-corrected chi connectivity index (χ0v) is 9.81. The zero-order chi connectivity index (χ0) is 12.6. The number of rotatable bonds is 2. The number of carboxylic acid groups (broad SMARTS) is 1. The monoisotopic (exact) mass is 232 g/mol. The summed E-state index contributed by atoms with van der Waals surface area (Å²) in [6, 6.07) is -0.349. The van der Waals surface area contributed by atoms with Gasteiger partial charge in [0.2, 0.25) is 0 Å². The van der Waals surface area contributed by atoms with E-state index in [9.17, 15) is 9.59 Å². The van der Waals surface area contributed by atoms with E-state index in [1.807, 2.05) is 13.8 Å². The molecule has 0 aromatic carbocycles. The van der Waals surface area contributed by atoms with Gasteiger partial charge >= 0.3 is 12.0 Å². The van der Waals surface area contributed by atoms with Gasteiger partial charge in [0, 0.05) is 19.5 Å². The summed E-state index contributed by atoms with van der Waals surface area (Å²) < 4.78 is 5.00. The Hall–Kier alpha value is -1.30. The van der Waals surface area contributed by atoms with Crippen LogP contribution in [0.15, 0.2) is 0 Å². The van der Waals surface area contributed by atoms with Gasteiger partial charge in [0.15, 0.2) is 0 Å². The Bertz CT molecular complexity index is 225. The molecule has 1 saturated heterocycles. The summed E-state index contributed by atoms with van der Waals surface area (Å²) in [5.41, 5.74) is 5.00. The van der Waals surface area contributed by atoms with Gasteiger partial charge in [-0.2, -0.15) is 0 Å². The molecule has 6 heteroatoms. The average molecular weight is 232 g/mol. The number of nitrogens with two attached hydrogens (primary N) is 1. The Labute approximate surface area is 95.4 Å². The molecule has 94 valence electrons. The van der Waals surface area contributed by atoms with Crippen molar-refractivity contribution >= 4 is 12.0 Å². The highest BCUT2D eigenvalue weighted by Gasteiger charge is 2.12. The minimum absolute atomic E-state index is 0.275. The molecule has 1 heterocycles. The van der Waals surface area contributed by atoms with Gasteiger partial charge in [-0.25, -0.2) is 4.79 Å². The molecule has 6 nitrogen and oxygen atoms in total. The molecule has 0 radical (unpaired) electrons. The fraction of sp³-hybridized carbons (Fsp3) is 0.800. The number of hydrogen-bond donors (Lipinski definition) is 2. The van der Waals surface area contributed by atoms with E-state index in [4.69, 9.17) is 15.6 Å². The number of hydrogen-bond acceptors (Lipinski definition) is 3. The third-order valence-corrected chi connectivity index (χ3v) is 1.91. The van der Waals surface area contributed by atoms with E-state index in [0.29, 0.717) is 26.3 Å².